The minimum Gasteiger partial charge on any atom is -0.392 e. The molecule has 3 rings (SSSR count). The summed E-state index contributed by atoms with van der Waals surface area (Å²) in [6.45, 7) is 0.151. The molecule has 0 aliphatic carbocycles. The molecule has 0 aromatic heterocycles. The second kappa shape index (κ2) is 9.49. The Morgan fingerprint density at radius 2 is 1.69 bits per heavy atom. The number of sulfonamides is 1. The van der Waals surface area contributed by atoms with Crippen LogP contribution in [-0.4, -0.2) is 41.9 Å². The van der Waals surface area contributed by atoms with Crippen molar-refractivity contribution in [3.8, 4) is 0 Å². The Hall–Kier alpha value is -2.26. The highest BCUT2D eigenvalue weighted by Crippen LogP contribution is 2.24. The summed E-state index contributed by atoms with van der Waals surface area (Å²) in [5.74, 6) is -0.797. The van der Waals surface area contributed by atoms with Crippen LogP contribution in [-0.2, 0) is 33.8 Å². The van der Waals surface area contributed by atoms with Gasteiger partial charge in [-0.2, -0.15) is 0 Å². The van der Waals surface area contributed by atoms with Gasteiger partial charge < -0.3 is 15.5 Å². The van der Waals surface area contributed by atoms with Crippen LogP contribution in [0.2, 0.25) is 0 Å². The molecule has 1 aliphatic heterocycles. The van der Waals surface area contributed by atoms with Crippen LogP contribution in [0, 0.1) is 5.92 Å². The lowest BCUT2D eigenvalue weighted by Gasteiger charge is -2.31. The van der Waals surface area contributed by atoms with Crippen LogP contribution in [0.15, 0.2) is 48.5 Å². The summed E-state index contributed by atoms with van der Waals surface area (Å²) in [5.41, 5.74) is 2.37. The summed E-state index contributed by atoms with van der Waals surface area (Å²) in [6, 6.07) is 13.9. The number of amides is 1. The summed E-state index contributed by atoms with van der Waals surface area (Å²) in [7, 11) is -3.51. The standard InChI is InChI=1S/C21H26N2O5S/c24-13-17-9-18(14-25)11-20(10-17)22-21(26)19-7-4-8-23(12-19)29(27,28)15-16-5-2-1-3-6-16/h1-3,5-6,9-11,19,24-25H,4,7-8,12-15H2,(H,22,26). The van der Waals surface area contributed by atoms with Crippen LogP contribution in [0.25, 0.3) is 0 Å². The number of carbonyl (C=O) groups is 1. The van der Waals surface area contributed by atoms with E-state index in [1.165, 1.54) is 4.31 Å². The highest BCUT2D eigenvalue weighted by Gasteiger charge is 2.32. The molecule has 3 N–H and O–H groups in total. The van der Waals surface area contributed by atoms with E-state index in [1.54, 1.807) is 42.5 Å². The highest BCUT2D eigenvalue weighted by atomic mass is 32.2. The molecule has 0 bridgehead atoms. The van der Waals surface area contributed by atoms with E-state index in [1.807, 2.05) is 6.07 Å². The van der Waals surface area contributed by atoms with Gasteiger partial charge in [-0.05, 0) is 41.7 Å². The average molecular weight is 419 g/mol. The molecule has 1 aliphatic rings. The number of carbonyl (C=O) groups excluding carboxylic acids is 1. The van der Waals surface area contributed by atoms with Crippen molar-refractivity contribution < 1.29 is 23.4 Å². The molecule has 0 radical (unpaired) electrons. The lowest BCUT2D eigenvalue weighted by atomic mass is 9.98. The van der Waals surface area contributed by atoms with Gasteiger partial charge in [0.05, 0.1) is 24.9 Å². The number of anilines is 1. The van der Waals surface area contributed by atoms with Crippen molar-refractivity contribution in [3.05, 3.63) is 65.2 Å². The zero-order valence-electron chi connectivity index (χ0n) is 16.1. The molecule has 1 amide bonds. The van der Waals surface area contributed by atoms with E-state index < -0.39 is 15.9 Å². The first-order valence-electron chi connectivity index (χ1n) is 9.58. The Bertz CT molecular complexity index is 925. The van der Waals surface area contributed by atoms with Crippen LogP contribution in [0.5, 0.6) is 0 Å². The predicted octanol–water partition coefficient (Wildman–Crippen LogP) is 1.85. The number of aliphatic hydroxyl groups excluding tert-OH is 2. The first kappa shape index (κ1) is 21.4. The van der Waals surface area contributed by atoms with E-state index in [0.29, 0.717) is 36.2 Å². The quantitative estimate of drug-likeness (QED) is 0.636. The maximum Gasteiger partial charge on any atom is 0.228 e. The molecule has 29 heavy (non-hydrogen) atoms. The Morgan fingerprint density at radius 3 is 2.31 bits per heavy atom. The van der Waals surface area contributed by atoms with E-state index in [2.05, 4.69) is 5.32 Å². The zero-order chi connectivity index (χ0) is 20.9. The van der Waals surface area contributed by atoms with Crippen molar-refractivity contribution in [1.29, 1.82) is 0 Å². The monoisotopic (exact) mass is 418 g/mol. The fourth-order valence-corrected chi connectivity index (χ4v) is 5.16. The van der Waals surface area contributed by atoms with Crippen LogP contribution in [0.4, 0.5) is 5.69 Å². The fraction of sp³-hybridized carbons (Fsp3) is 0.381. The zero-order valence-corrected chi connectivity index (χ0v) is 16.9. The van der Waals surface area contributed by atoms with Crippen molar-refractivity contribution >= 4 is 21.6 Å². The number of aliphatic hydroxyl groups is 2. The SMILES string of the molecule is O=C(Nc1cc(CO)cc(CO)c1)C1CCCN(S(=O)(=O)Cc2ccccc2)C1. The van der Waals surface area contributed by atoms with Gasteiger partial charge in [-0.15, -0.1) is 0 Å². The summed E-state index contributed by atoms with van der Waals surface area (Å²) >= 11 is 0. The molecular formula is C21H26N2O5S. The van der Waals surface area contributed by atoms with Crippen molar-refractivity contribution in [2.24, 2.45) is 5.92 Å². The third-order valence-corrected chi connectivity index (χ3v) is 6.84. The van der Waals surface area contributed by atoms with Gasteiger partial charge in [0.2, 0.25) is 15.9 Å². The van der Waals surface area contributed by atoms with Gasteiger partial charge in [0.1, 0.15) is 0 Å². The number of nitrogens with zero attached hydrogens (tertiary/aromatic N) is 1. The number of nitrogens with one attached hydrogen (secondary N) is 1. The van der Waals surface area contributed by atoms with Gasteiger partial charge in [0, 0.05) is 18.8 Å². The highest BCUT2D eigenvalue weighted by molar-refractivity contribution is 7.88. The Balaban J connectivity index is 1.68. The van der Waals surface area contributed by atoms with E-state index in [4.69, 9.17) is 0 Å². The van der Waals surface area contributed by atoms with E-state index in [9.17, 15) is 23.4 Å². The summed E-state index contributed by atoms with van der Waals surface area (Å²) in [5, 5.41) is 21.5. The number of benzene rings is 2. The molecule has 1 unspecified atom stereocenters. The third kappa shape index (κ3) is 5.63. The Kier molecular flexibility index (Phi) is 7.02. The topological polar surface area (TPSA) is 107 Å². The van der Waals surface area contributed by atoms with Crippen LogP contribution < -0.4 is 5.32 Å². The van der Waals surface area contributed by atoms with Gasteiger partial charge in [0.25, 0.3) is 0 Å². The molecule has 1 fully saturated rings. The van der Waals surface area contributed by atoms with Crippen molar-refractivity contribution in [2.75, 3.05) is 18.4 Å². The number of hydrogen-bond donors (Lipinski definition) is 3. The normalized spacial score (nSPS) is 17.8. The molecule has 1 heterocycles. The lowest BCUT2D eigenvalue weighted by molar-refractivity contribution is -0.120. The van der Waals surface area contributed by atoms with Gasteiger partial charge in [0.15, 0.2) is 0 Å². The van der Waals surface area contributed by atoms with Crippen LogP contribution in [0.1, 0.15) is 29.5 Å². The van der Waals surface area contributed by atoms with E-state index in [0.717, 1.165) is 5.56 Å². The van der Waals surface area contributed by atoms with Gasteiger partial charge in [-0.25, -0.2) is 12.7 Å². The van der Waals surface area contributed by atoms with E-state index >= 15 is 0 Å². The lowest BCUT2D eigenvalue weighted by Crippen LogP contribution is -2.44. The third-order valence-electron chi connectivity index (χ3n) is 5.03. The van der Waals surface area contributed by atoms with Crippen molar-refractivity contribution in [3.63, 3.8) is 0 Å². The van der Waals surface area contributed by atoms with Crippen LogP contribution >= 0.6 is 0 Å². The maximum atomic E-state index is 12.8. The molecule has 2 aromatic rings. The Morgan fingerprint density at radius 1 is 1.03 bits per heavy atom. The van der Waals surface area contributed by atoms with Gasteiger partial charge in [-0.3, -0.25) is 4.79 Å². The molecule has 1 atom stereocenters. The van der Waals surface area contributed by atoms with Gasteiger partial charge >= 0.3 is 0 Å². The smallest absolute Gasteiger partial charge is 0.228 e. The van der Waals surface area contributed by atoms with Crippen LogP contribution in [0.3, 0.4) is 0 Å². The minimum absolute atomic E-state index is 0.0828. The summed E-state index contributed by atoms with van der Waals surface area (Å²) in [6.07, 6.45) is 1.22. The second-order valence-corrected chi connectivity index (χ2v) is 9.25. The average Bonchev–Trinajstić information content (AvgIpc) is 2.74. The molecule has 2 aromatic carbocycles. The summed E-state index contributed by atoms with van der Waals surface area (Å²) < 4.78 is 27.0. The fourth-order valence-electron chi connectivity index (χ4n) is 3.55. The van der Waals surface area contributed by atoms with Gasteiger partial charge in [-0.1, -0.05) is 36.4 Å². The molecule has 7 nitrogen and oxygen atoms in total. The number of hydrogen-bond acceptors (Lipinski definition) is 5. The number of piperidine rings is 1. The molecular weight excluding hydrogens is 392 g/mol. The summed E-state index contributed by atoms with van der Waals surface area (Å²) in [4.78, 5) is 12.7. The molecule has 156 valence electrons. The number of rotatable bonds is 7. The van der Waals surface area contributed by atoms with E-state index in [-0.39, 0.29) is 31.4 Å². The molecule has 0 spiro atoms. The molecule has 1 saturated heterocycles. The molecule has 8 heteroatoms. The maximum absolute atomic E-state index is 12.8. The van der Waals surface area contributed by atoms with Crippen molar-refractivity contribution in [1.82, 2.24) is 4.31 Å². The van der Waals surface area contributed by atoms with Crippen molar-refractivity contribution in [2.45, 2.75) is 31.8 Å². The Labute approximate surface area is 171 Å². The largest absolute Gasteiger partial charge is 0.392 e. The first-order chi connectivity index (χ1) is 13.9. The first-order valence-corrected chi connectivity index (χ1v) is 11.2. The molecule has 0 saturated carbocycles. The minimum atomic E-state index is -3.51. The second-order valence-electron chi connectivity index (χ2n) is 7.28. The predicted molar refractivity (Wildman–Crippen MR) is 110 cm³/mol.